The molecule has 0 amide bonds. The largest absolute Gasteiger partial charge is 0.377 e. The minimum atomic E-state index is -1.37. The van der Waals surface area contributed by atoms with Gasteiger partial charge in [-0.2, -0.15) is 0 Å². The first kappa shape index (κ1) is 90.9. The van der Waals surface area contributed by atoms with Crippen molar-refractivity contribution in [2.45, 2.75) is 392 Å². The zero-order valence-corrected chi connectivity index (χ0v) is 69.7. The Labute approximate surface area is 573 Å². The zero-order valence-electron chi connectivity index (χ0n) is 64.5. The summed E-state index contributed by atoms with van der Waals surface area (Å²) in [5, 5.41) is 0.522. The van der Waals surface area contributed by atoms with Crippen LogP contribution in [0.4, 0.5) is 0 Å². The third kappa shape index (κ3) is 33.6. The number of nitrogens with zero attached hydrogens (tertiary/aromatic N) is 6. The fraction of sp³-hybridized carbons (Fsp3) is 0.957. The van der Waals surface area contributed by atoms with E-state index in [9.17, 15) is 14.4 Å². The minimum Gasteiger partial charge on any atom is -0.377 e. The van der Waals surface area contributed by atoms with Crippen molar-refractivity contribution in [2.75, 3.05) is 38.8 Å². The Morgan fingerprint density at radius 1 is 0.344 bits per heavy atom. The molecule has 0 saturated carbocycles. The first-order valence-electron chi connectivity index (χ1n) is 34.5. The molecule has 536 valence electrons. The summed E-state index contributed by atoms with van der Waals surface area (Å²) in [5.41, 5.74) is -2.36. The predicted molar refractivity (Wildman–Crippen MR) is 398 cm³/mol. The topological polar surface area (TPSA) is 126 Å². The molecule has 0 aromatic carbocycles. The lowest BCUT2D eigenvalue weighted by Crippen LogP contribution is -2.48. The first-order chi connectivity index (χ1) is 41.0. The molecule has 7 atom stereocenters. The molecule has 0 aliphatic rings. The van der Waals surface area contributed by atoms with Gasteiger partial charge in [0.05, 0.1) is 55.4 Å². The summed E-state index contributed by atoms with van der Waals surface area (Å²) in [4.78, 5) is 37.4. The van der Waals surface area contributed by atoms with Crippen molar-refractivity contribution in [1.29, 1.82) is 0 Å². The molecule has 0 spiro atoms. The minimum absolute atomic E-state index is 0.147. The molecular formula is C69H143N6O9P3S3. The molecule has 15 nitrogen and oxygen atoms in total. The van der Waals surface area contributed by atoms with Crippen molar-refractivity contribution in [2.24, 2.45) is 0 Å². The molecule has 0 aromatic heterocycles. The molecule has 0 radical (unpaired) electrons. The van der Waals surface area contributed by atoms with Gasteiger partial charge >= 0.3 is 0 Å². The first-order valence-corrected chi connectivity index (χ1v) is 40.6. The molecule has 0 aromatic rings. The van der Waals surface area contributed by atoms with Gasteiger partial charge in [-0.1, -0.05) is 56.1 Å². The second-order valence-corrected chi connectivity index (χ2v) is 40.6. The van der Waals surface area contributed by atoms with Crippen LogP contribution in [-0.2, 0) is 42.2 Å². The lowest BCUT2D eigenvalue weighted by atomic mass is 10.1. The van der Waals surface area contributed by atoms with E-state index < -0.39 is 47.8 Å². The molecule has 0 aliphatic carbocycles. The van der Waals surface area contributed by atoms with Crippen LogP contribution in [0, 0.1) is 0 Å². The van der Waals surface area contributed by atoms with Crippen molar-refractivity contribution in [3.63, 3.8) is 0 Å². The van der Waals surface area contributed by atoms with Gasteiger partial charge in [-0.05, 0) is 247 Å². The van der Waals surface area contributed by atoms with Gasteiger partial charge in [0, 0.05) is 107 Å². The average Bonchev–Trinajstić information content (AvgIpc) is 0.923. The normalized spacial score (nSPS) is 16.4. The van der Waals surface area contributed by atoms with Crippen LogP contribution in [0.2, 0.25) is 0 Å². The van der Waals surface area contributed by atoms with E-state index in [0.29, 0.717) is 58.0 Å². The Kier molecular flexibility index (Phi) is 41.8. The fourth-order valence-corrected chi connectivity index (χ4v) is 21.2. The van der Waals surface area contributed by atoms with Gasteiger partial charge in [-0.15, -0.1) is 0 Å². The van der Waals surface area contributed by atoms with E-state index in [1.54, 1.807) is 0 Å². The molecule has 90 heavy (non-hydrogen) atoms. The van der Waals surface area contributed by atoms with Gasteiger partial charge in [-0.25, -0.2) is 28.0 Å². The van der Waals surface area contributed by atoms with E-state index >= 15 is 0 Å². The number of carbonyl (C=O) groups is 3. The number of rotatable bonds is 48. The Bertz CT molecular complexity index is 2020. The van der Waals surface area contributed by atoms with Crippen LogP contribution in [0.5, 0.6) is 0 Å². The average molecular weight is 1390 g/mol. The molecule has 0 N–H and O–H groups in total. The third-order valence-corrected chi connectivity index (χ3v) is 28.3. The predicted octanol–water partition coefficient (Wildman–Crippen LogP) is 19.6. The van der Waals surface area contributed by atoms with Crippen LogP contribution in [0.25, 0.3) is 0 Å². The second kappa shape index (κ2) is 41.4. The highest BCUT2D eigenvalue weighted by molar-refractivity contribution is 8.15. The van der Waals surface area contributed by atoms with E-state index in [1.165, 1.54) is 35.3 Å². The summed E-state index contributed by atoms with van der Waals surface area (Å²) in [7, 11) is -3.89. The Hall–Kier alpha value is 0.870. The van der Waals surface area contributed by atoms with Gasteiger partial charge in [0.1, 0.15) is 0 Å². The highest BCUT2D eigenvalue weighted by Crippen LogP contribution is 2.57. The van der Waals surface area contributed by atoms with E-state index in [4.69, 9.17) is 27.8 Å². The maximum atomic E-state index is 12.7. The molecule has 0 aliphatic heterocycles. The molecule has 0 rings (SSSR count). The highest BCUT2D eigenvalue weighted by Gasteiger charge is 2.44. The molecule has 0 saturated heterocycles. The molecular weight excluding hydrogens is 1250 g/mol. The second-order valence-electron chi connectivity index (χ2n) is 31.1. The number of ether oxygens (including phenoxy) is 3. The van der Waals surface area contributed by atoms with E-state index in [1.807, 2.05) is 20.8 Å². The van der Waals surface area contributed by atoms with Crippen LogP contribution in [0.3, 0.4) is 0 Å². The number of hydrogen-bond acceptors (Lipinski definition) is 18. The monoisotopic (exact) mass is 1390 g/mol. The van der Waals surface area contributed by atoms with Crippen molar-refractivity contribution < 1.29 is 42.2 Å². The van der Waals surface area contributed by atoms with Crippen LogP contribution in [0.1, 0.15) is 287 Å². The molecule has 0 heterocycles. The summed E-state index contributed by atoms with van der Waals surface area (Å²) in [6, 6.07) is 2.28. The number of thioether (sulfide) groups is 3. The molecule has 21 heteroatoms. The van der Waals surface area contributed by atoms with Crippen molar-refractivity contribution in [3.05, 3.63) is 0 Å². The quantitative estimate of drug-likeness (QED) is 0.0536. The summed E-state index contributed by atoms with van der Waals surface area (Å²) in [5.74, 6) is 0.590. The van der Waals surface area contributed by atoms with Crippen molar-refractivity contribution in [3.8, 4) is 0 Å². The molecule has 0 bridgehead atoms. The van der Waals surface area contributed by atoms with E-state index in [-0.39, 0.29) is 97.3 Å². The van der Waals surface area contributed by atoms with Crippen LogP contribution >= 0.6 is 60.6 Å². The highest BCUT2D eigenvalue weighted by atomic mass is 32.2. The SMILES string of the molecule is CCC(=O)SCC(C)(C)OCC(C)(C)OP(N(C(C)C)C(C)C)N(C(C)C)C(C)CCC(C)N(C(C)C)P(OCC(C)(C)OCC(C)(C)SC(=O)CC)N(C(C)C)C(C)CCC(C)N(C(C)C)P(OC(C)(C)COCC(C)(C)SC(=O)CC)N(C(C)C)C(C)C. The summed E-state index contributed by atoms with van der Waals surface area (Å²) in [6.07, 6.45) is 5.25. The Morgan fingerprint density at radius 3 is 0.944 bits per heavy atom. The molecule has 7 unspecified atom stereocenters. The van der Waals surface area contributed by atoms with Crippen molar-refractivity contribution >= 4 is 76.0 Å². The van der Waals surface area contributed by atoms with Crippen LogP contribution in [-0.4, -0.2) is 187 Å². The van der Waals surface area contributed by atoms with Gasteiger partial charge in [0.15, 0.2) is 40.7 Å². The fourth-order valence-electron chi connectivity index (χ4n) is 10.9. The number of carbonyl (C=O) groups excluding carboxylic acids is 3. The van der Waals surface area contributed by atoms with Gasteiger partial charge in [-0.3, -0.25) is 14.4 Å². The van der Waals surface area contributed by atoms with Crippen molar-refractivity contribution in [1.82, 2.24) is 28.0 Å². The zero-order chi connectivity index (χ0) is 70.4. The summed E-state index contributed by atoms with van der Waals surface area (Å²) in [6.45, 7) is 79.5. The standard InChI is InChI=1S/C69H143N6O9P3S3/c1-36-61(76)88-48-67(30,31)80-44-66(28,29)84-87(71(51(8)9)52(10)11)75(56(18)19)60(23)42-40-58(21)73(54(14)15)85(82-45-64(24,25)81-47-69(34,35)90-63(78)38-3)72(53(12)13)57(20)39-41-59(22)74(55(16)17)86(70(49(4)5)50(6)7)83-65(26,27)43-79-46-68(32,33)89-62(77)37-2/h49-60H,36-48H2,1-35H3. The molecule has 0 fully saturated rings. The van der Waals surface area contributed by atoms with E-state index in [2.05, 4.69) is 250 Å². The summed E-state index contributed by atoms with van der Waals surface area (Å²) >= 11 is 4.09. The number of hydrogen-bond donors (Lipinski definition) is 0. The van der Waals surface area contributed by atoms with Crippen LogP contribution in [0.15, 0.2) is 0 Å². The lowest BCUT2D eigenvalue weighted by Gasteiger charge is -2.50. The van der Waals surface area contributed by atoms with Gasteiger partial charge < -0.3 is 27.8 Å². The van der Waals surface area contributed by atoms with Gasteiger partial charge in [0.2, 0.25) is 0 Å². The third-order valence-electron chi connectivity index (χ3n) is 15.2. The van der Waals surface area contributed by atoms with Gasteiger partial charge in [0.25, 0.3) is 0 Å². The maximum absolute atomic E-state index is 12.7. The van der Waals surface area contributed by atoms with E-state index in [0.717, 1.165) is 25.7 Å². The maximum Gasteiger partial charge on any atom is 0.189 e. The lowest BCUT2D eigenvalue weighted by molar-refractivity contribution is -0.111. The van der Waals surface area contributed by atoms with Crippen LogP contribution < -0.4 is 0 Å². The Balaban J connectivity index is 7.67. The smallest absolute Gasteiger partial charge is 0.189 e. The summed E-state index contributed by atoms with van der Waals surface area (Å²) < 4.78 is 57.3. The Morgan fingerprint density at radius 2 is 0.633 bits per heavy atom.